The number of fused-ring (bicyclic) bond motifs is 1. The highest BCUT2D eigenvalue weighted by atomic mass is 15.1. The van der Waals surface area contributed by atoms with Crippen LogP contribution in [-0.2, 0) is 6.54 Å². The van der Waals surface area contributed by atoms with E-state index in [-0.39, 0.29) is 0 Å². The van der Waals surface area contributed by atoms with Crippen molar-refractivity contribution in [2.75, 3.05) is 26.4 Å². The highest BCUT2D eigenvalue weighted by Crippen LogP contribution is 2.23. The van der Waals surface area contributed by atoms with Gasteiger partial charge in [-0.2, -0.15) is 0 Å². The SMILES string of the molecule is CC(C)c1nc2cc(N)ccc2n1CCN(C)C. The lowest BCUT2D eigenvalue weighted by atomic mass is 10.2. The number of nitrogen functional groups attached to an aromatic ring is 1. The van der Waals surface area contributed by atoms with E-state index >= 15 is 0 Å². The summed E-state index contributed by atoms with van der Waals surface area (Å²) in [5.74, 6) is 1.55. The number of aromatic nitrogens is 2. The first-order chi connectivity index (χ1) is 8.49. The first-order valence-corrected chi connectivity index (χ1v) is 6.39. The Bertz CT molecular complexity index is 540. The minimum atomic E-state index is 0.417. The average Bonchev–Trinajstić information content (AvgIpc) is 2.64. The van der Waals surface area contributed by atoms with Gasteiger partial charge in [-0.3, -0.25) is 0 Å². The molecule has 4 heteroatoms. The van der Waals surface area contributed by atoms with Crippen LogP contribution in [0.1, 0.15) is 25.6 Å². The van der Waals surface area contributed by atoms with E-state index in [1.165, 1.54) is 5.52 Å². The minimum absolute atomic E-state index is 0.417. The molecule has 0 radical (unpaired) electrons. The van der Waals surface area contributed by atoms with Crippen molar-refractivity contribution < 1.29 is 0 Å². The molecule has 1 aromatic carbocycles. The summed E-state index contributed by atoms with van der Waals surface area (Å²) in [5, 5.41) is 0. The highest BCUT2D eigenvalue weighted by Gasteiger charge is 2.13. The molecular formula is C14H22N4. The van der Waals surface area contributed by atoms with E-state index in [2.05, 4.69) is 43.5 Å². The second-order valence-electron chi connectivity index (χ2n) is 5.33. The molecule has 0 aliphatic rings. The fourth-order valence-electron chi connectivity index (χ4n) is 2.14. The Kier molecular flexibility index (Phi) is 3.57. The van der Waals surface area contributed by atoms with Crippen molar-refractivity contribution in [2.45, 2.75) is 26.3 Å². The number of nitrogens with two attached hydrogens (primary N) is 1. The molecule has 1 aromatic heterocycles. The molecule has 18 heavy (non-hydrogen) atoms. The van der Waals surface area contributed by atoms with Crippen molar-refractivity contribution >= 4 is 16.7 Å². The van der Waals surface area contributed by atoms with Crippen molar-refractivity contribution in [3.63, 3.8) is 0 Å². The quantitative estimate of drug-likeness (QED) is 0.842. The van der Waals surface area contributed by atoms with Crippen LogP contribution in [0.15, 0.2) is 18.2 Å². The summed E-state index contributed by atoms with van der Waals surface area (Å²) in [5.41, 5.74) is 8.77. The van der Waals surface area contributed by atoms with Crippen molar-refractivity contribution in [2.24, 2.45) is 0 Å². The predicted octanol–water partition coefficient (Wildman–Crippen LogP) is 2.30. The van der Waals surface area contributed by atoms with Crippen LogP contribution >= 0.6 is 0 Å². The van der Waals surface area contributed by atoms with E-state index in [4.69, 9.17) is 10.7 Å². The van der Waals surface area contributed by atoms with E-state index in [0.717, 1.165) is 30.1 Å². The van der Waals surface area contributed by atoms with Gasteiger partial charge in [0.05, 0.1) is 11.0 Å². The Labute approximate surface area is 108 Å². The number of imidazole rings is 1. The fraction of sp³-hybridized carbons (Fsp3) is 0.500. The van der Waals surface area contributed by atoms with Gasteiger partial charge in [0, 0.05) is 24.7 Å². The van der Waals surface area contributed by atoms with E-state index < -0.39 is 0 Å². The predicted molar refractivity (Wildman–Crippen MR) is 76.8 cm³/mol. The molecule has 0 spiro atoms. The maximum Gasteiger partial charge on any atom is 0.112 e. The lowest BCUT2D eigenvalue weighted by molar-refractivity contribution is 0.382. The van der Waals surface area contributed by atoms with Crippen LogP contribution in [0.4, 0.5) is 5.69 Å². The topological polar surface area (TPSA) is 47.1 Å². The number of anilines is 1. The average molecular weight is 246 g/mol. The first-order valence-electron chi connectivity index (χ1n) is 6.39. The molecule has 0 saturated carbocycles. The Morgan fingerprint density at radius 3 is 2.67 bits per heavy atom. The number of likely N-dealkylation sites (N-methyl/N-ethyl adjacent to an activating group) is 1. The Morgan fingerprint density at radius 1 is 1.33 bits per heavy atom. The van der Waals surface area contributed by atoms with Gasteiger partial charge in [0.25, 0.3) is 0 Å². The molecular weight excluding hydrogens is 224 g/mol. The van der Waals surface area contributed by atoms with Crippen LogP contribution in [-0.4, -0.2) is 35.1 Å². The summed E-state index contributed by atoms with van der Waals surface area (Å²) in [6, 6.07) is 5.97. The maximum absolute atomic E-state index is 5.82. The molecule has 98 valence electrons. The number of hydrogen-bond acceptors (Lipinski definition) is 3. The normalized spacial score (nSPS) is 11.9. The molecule has 2 aromatic rings. The van der Waals surface area contributed by atoms with E-state index in [0.29, 0.717) is 5.92 Å². The Balaban J connectivity index is 2.48. The monoisotopic (exact) mass is 246 g/mol. The van der Waals surface area contributed by atoms with E-state index in [9.17, 15) is 0 Å². The van der Waals surface area contributed by atoms with Crippen LogP contribution < -0.4 is 5.73 Å². The maximum atomic E-state index is 5.82. The second kappa shape index (κ2) is 4.98. The minimum Gasteiger partial charge on any atom is -0.399 e. The van der Waals surface area contributed by atoms with Crippen LogP contribution in [0.5, 0.6) is 0 Å². The van der Waals surface area contributed by atoms with Gasteiger partial charge < -0.3 is 15.2 Å². The largest absolute Gasteiger partial charge is 0.399 e. The molecule has 0 amide bonds. The van der Waals surface area contributed by atoms with Gasteiger partial charge in [0.2, 0.25) is 0 Å². The zero-order chi connectivity index (χ0) is 13.3. The van der Waals surface area contributed by atoms with Crippen LogP contribution in [0, 0.1) is 0 Å². The van der Waals surface area contributed by atoms with Gasteiger partial charge in [-0.1, -0.05) is 13.8 Å². The van der Waals surface area contributed by atoms with Gasteiger partial charge in [0.15, 0.2) is 0 Å². The summed E-state index contributed by atoms with van der Waals surface area (Å²) >= 11 is 0. The molecule has 2 N–H and O–H groups in total. The summed E-state index contributed by atoms with van der Waals surface area (Å²) in [4.78, 5) is 6.90. The number of nitrogens with zero attached hydrogens (tertiary/aromatic N) is 3. The van der Waals surface area contributed by atoms with E-state index in [1.807, 2.05) is 12.1 Å². The third-order valence-electron chi connectivity index (χ3n) is 3.09. The zero-order valence-corrected chi connectivity index (χ0v) is 11.6. The number of hydrogen-bond donors (Lipinski definition) is 1. The van der Waals surface area contributed by atoms with Crippen LogP contribution in [0.25, 0.3) is 11.0 Å². The highest BCUT2D eigenvalue weighted by molar-refractivity contribution is 5.79. The molecule has 0 saturated heterocycles. The van der Waals surface area contributed by atoms with Crippen molar-refractivity contribution in [3.8, 4) is 0 Å². The molecule has 0 fully saturated rings. The van der Waals surface area contributed by atoms with Gasteiger partial charge >= 0.3 is 0 Å². The summed E-state index contributed by atoms with van der Waals surface area (Å²) < 4.78 is 2.30. The van der Waals surface area contributed by atoms with Gasteiger partial charge in [0.1, 0.15) is 5.82 Å². The van der Waals surface area contributed by atoms with Gasteiger partial charge in [-0.25, -0.2) is 4.98 Å². The summed E-state index contributed by atoms with van der Waals surface area (Å²) in [6.45, 7) is 6.32. The lowest BCUT2D eigenvalue weighted by Crippen LogP contribution is -2.19. The molecule has 0 atom stereocenters. The van der Waals surface area contributed by atoms with Gasteiger partial charge in [-0.15, -0.1) is 0 Å². The van der Waals surface area contributed by atoms with E-state index in [1.54, 1.807) is 0 Å². The molecule has 0 aliphatic carbocycles. The van der Waals surface area contributed by atoms with Crippen molar-refractivity contribution in [1.82, 2.24) is 14.5 Å². The first kappa shape index (κ1) is 12.9. The summed E-state index contributed by atoms with van der Waals surface area (Å²) in [6.07, 6.45) is 0. The molecule has 1 heterocycles. The fourth-order valence-corrected chi connectivity index (χ4v) is 2.14. The molecule has 2 rings (SSSR count). The van der Waals surface area contributed by atoms with Crippen molar-refractivity contribution in [3.05, 3.63) is 24.0 Å². The second-order valence-corrected chi connectivity index (χ2v) is 5.33. The van der Waals surface area contributed by atoms with Gasteiger partial charge in [-0.05, 0) is 32.3 Å². The third-order valence-corrected chi connectivity index (χ3v) is 3.09. The standard InChI is InChI=1S/C14H22N4/c1-10(2)14-16-12-9-11(15)5-6-13(12)18(14)8-7-17(3)4/h5-6,9-10H,7-8,15H2,1-4H3. The van der Waals surface area contributed by atoms with Crippen LogP contribution in [0.3, 0.4) is 0 Å². The molecule has 0 bridgehead atoms. The van der Waals surface area contributed by atoms with Crippen molar-refractivity contribution in [1.29, 1.82) is 0 Å². The molecule has 4 nitrogen and oxygen atoms in total. The Hall–Kier alpha value is -1.55. The number of benzene rings is 1. The number of rotatable bonds is 4. The van der Waals surface area contributed by atoms with Crippen LogP contribution in [0.2, 0.25) is 0 Å². The Morgan fingerprint density at radius 2 is 2.06 bits per heavy atom. The smallest absolute Gasteiger partial charge is 0.112 e. The summed E-state index contributed by atoms with van der Waals surface area (Å²) in [7, 11) is 4.18. The molecule has 0 aliphatic heterocycles. The zero-order valence-electron chi connectivity index (χ0n) is 11.6. The third kappa shape index (κ3) is 2.48. The molecule has 0 unspecified atom stereocenters. The lowest BCUT2D eigenvalue weighted by Gasteiger charge is -2.14.